The Bertz CT molecular complexity index is 1110. The molecule has 150 valence electrons. The molecule has 0 aromatic heterocycles. The number of fused-ring (bicyclic) bond motifs is 4. The monoisotopic (exact) mass is 397 g/mol. The van der Waals surface area contributed by atoms with Crippen LogP contribution in [-0.4, -0.2) is 12.5 Å². The van der Waals surface area contributed by atoms with Crippen LogP contribution in [0.2, 0.25) is 0 Å². The molecule has 0 saturated carbocycles. The van der Waals surface area contributed by atoms with Crippen molar-refractivity contribution in [2.75, 3.05) is 11.4 Å². The topological polar surface area (TPSA) is 118 Å². The van der Waals surface area contributed by atoms with E-state index in [-0.39, 0.29) is 23.1 Å². The molecule has 0 fully saturated rings. The Labute approximate surface area is 176 Å². The van der Waals surface area contributed by atoms with Crippen LogP contribution in [0.5, 0.6) is 0 Å². The summed E-state index contributed by atoms with van der Waals surface area (Å²) in [6.07, 6.45) is 4.08. The van der Waals surface area contributed by atoms with Crippen LogP contribution < -0.4 is 10.6 Å². The van der Waals surface area contributed by atoms with Gasteiger partial charge >= 0.3 is 0 Å². The van der Waals surface area contributed by atoms with E-state index in [0.29, 0.717) is 24.1 Å². The van der Waals surface area contributed by atoms with Crippen molar-refractivity contribution in [1.29, 1.82) is 15.8 Å². The molecular weight excluding hydrogens is 374 g/mol. The molecule has 2 N–H and O–H groups in total. The van der Waals surface area contributed by atoms with E-state index < -0.39 is 16.7 Å². The maximum atomic E-state index is 14.2. The number of allylic oxidation sites excluding steroid dienone is 4. The molecule has 1 aromatic carbocycles. The van der Waals surface area contributed by atoms with Crippen LogP contribution >= 0.6 is 0 Å². The fourth-order valence-electron chi connectivity index (χ4n) is 5.67. The van der Waals surface area contributed by atoms with Crippen molar-refractivity contribution in [2.45, 2.75) is 38.5 Å². The zero-order valence-electron chi connectivity index (χ0n) is 17.1. The highest BCUT2D eigenvalue weighted by Gasteiger charge is 2.72. The number of rotatable bonds is 2. The second kappa shape index (κ2) is 6.75. The van der Waals surface area contributed by atoms with Gasteiger partial charge in [-0.1, -0.05) is 38.1 Å². The molecule has 1 aliphatic heterocycles. The van der Waals surface area contributed by atoms with E-state index >= 15 is 0 Å². The van der Waals surface area contributed by atoms with Gasteiger partial charge in [0, 0.05) is 18.2 Å². The summed E-state index contributed by atoms with van der Waals surface area (Å²) in [6.45, 7) is 4.56. The van der Waals surface area contributed by atoms with Crippen LogP contribution in [0, 0.1) is 51.2 Å². The number of hydrogen-bond donors (Lipinski definition) is 1. The van der Waals surface area contributed by atoms with Crippen molar-refractivity contribution in [3.8, 4) is 18.2 Å². The summed E-state index contributed by atoms with van der Waals surface area (Å²) in [7, 11) is 0. The Morgan fingerprint density at radius 3 is 2.57 bits per heavy atom. The zero-order chi connectivity index (χ0) is 21.7. The van der Waals surface area contributed by atoms with Crippen molar-refractivity contribution in [1.82, 2.24) is 0 Å². The van der Waals surface area contributed by atoms with Gasteiger partial charge in [0.1, 0.15) is 11.5 Å². The molecule has 0 bridgehead atoms. The number of nitrogens with two attached hydrogens (primary N) is 1. The first-order chi connectivity index (χ1) is 14.4. The lowest BCUT2D eigenvalue weighted by atomic mass is 9.47. The second-order valence-corrected chi connectivity index (χ2v) is 8.44. The molecule has 3 aliphatic rings. The summed E-state index contributed by atoms with van der Waals surface area (Å²) >= 11 is 0. The third-order valence-electron chi connectivity index (χ3n) is 6.93. The Hall–Kier alpha value is -3.56. The predicted molar refractivity (Wildman–Crippen MR) is 111 cm³/mol. The molecule has 1 aromatic rings. The number of anilines is 1. The third-order valence-corrected chi connectivity index (χ3v) is 6.93. The van der Waals surface area contributed by atoms with Crippen LogP contribution in [0.15, 0.2) is 47.2 Å². The van der Waals surface area contributed by atoms with Gasteiger partial charge in [0.15, 0.2) is 0 Å². The molecule has 1 heterocycles. The SMILES string of the molecule is CCCN1C(=O)[C@]2(c3ccccc31)[C@@H]1C[C@@H](C)CC=C1C(C#N)=C(N)C2(C#N)C#N. The fraction of sp³-hybridized carbons (Fsp3) is 0.417. The highest BCUT2D eigenvalue weighted by molar-refractivity contribution is 6.11. The predicted octanol–water partition coefficient (Wildman–Crippen LogP) is 3.44. The zero-order valence-corrected chi connectivity index (χ0v) is 17.1. The quantitative estimate of drug-likeness (QED) is 0.820. The number of nitriles is 3. The first kappa shape index (κ1) is 19.7. The van der Waals surface area contributed by atoms with E-state index in [1.807, 2.05) is 37.3 Å². The molecular formula is C24H23N5O. The van der Waals surface area contributed by atoms with Gasteiger partial charge in [0.05, 0.1) is 23.4 Å². The molecule has 3 atom stereocenters. The summed E-state index contributed by atoms with van der Waals surface area (Å²) in [6, 6.07) is 13.8. The van der Waals surface area contributed by atoms with Gasteiger partial charge < -0.3 is 10.6 Å². The lowest BCUT2D eigenvalue weighted by molar-refractivity contribution is -0.127. The molecule has 1 amide bonds. The number of para-hydroxylation sites is 1. The largest absolute Gasteiger partial charge is 0.399 e. The Kier molecular flexibility index (Phi) is 4.44. The van der Waals surface area contributed by atoms with E-state index in [0.717, 1.165) is 18.5 Å². The molecule has 30 heavy (non-hydrogen) atoms. The highest BCUT2D eigenvalue weighted by atomic mass is 16.2. The van der Waals surface area contributed by atoms with E-state index in [9.17, 15) is 20.6 Å². The van der Waals surface area contributed by atoms with Gasteiger partial charge in [-0.3, -0.25) is 4.79 Å². The number of amides is 1. The molecule has 0 saturated heterocycles. The van der Waals surface area contributed by atoms with Crippen LogP contribution in [0.3, 0.4) is 0 Å². The minimum atomic E-state index is -1.95. The lowest BCUT2D eigenvalue weighted by Gasteiger charge is -2.50. The Balaban J connectivity index is 2.18. The third kappa shape index (κ3) is 2.08. The van der Waals surface area contributed by atoms with Crippen LogP contribution in [-0.2, 0) is 10.2 Å². The number of benzene rings is 1. The molecule has 6 nitrogen and oxygen atoms in total. The molecule has 0 unspecified atom stereocenters. The number of carbonyl (C=O) groups excluding carboxylic acids is 1. The minimum absolute atomic E-state index is 0.103. The van der Waals surface area contributed by atoms with E-state index in [1.165, 1.54) is 0 Å². The maximum absolute atomic E-state index is 14.2. The van der Waals surface area contributed by atoms with Gasteiger partial charge in [0.25, 0.3) is 0 Å². The minimum Gasteiger partial charge on any atom is -0.399 e. The van der Waals surface area contributed by atoms with Crippen LogP contribution in [0.4, 0.5) is 5.69 Å². The molecule has 0 radical (unpaired) electrons. The van der Waals surface area contributed by atoms with Crippen molar-refractivity contribution in [3.63, 3.8) is 0 Å². The van der Waals surface area contributed by atoms with Crippen LogP contribution in [0.25, 0.3) is 0 Å². The fourth-order valence-corrected chi connectivity index (χ4v) is 5.67. The van der Waals surface area contributed by atoms with Crippen molar-refractivity contribution in [2.24, 2.45) is 23.0 Å². The van der Waals surface area contributed by atoms with E-state index in [2.05, 4.69) is 25.1 Å². The average Bonchev–Trinajstić information content (AvgIpc) is 3.00. The summed E-state index contributed by atoms with van der Waals surface area (Å²) in [5, 5.41) is 30.6. The molecule has 4 rings (SSSR count). The second-order valence-electron chi connectivity index (χ2n) is 8.44. The Morgan fingerprint density at radius 2 is 1.93 bits per heavy atom. The first-order valence-electron chi connectivity index (χ1n) is 10.3. The van der Waals surface area contributed by atoms with Crippen molar-refractivity contribution in [3.05, 3.63) is 52.7 Å². The van der Waals surface area contributed by atoms with Gasteiger partial charge in [-0.2, -0.15) is 15.8 Å². The molecule has 2 aliphatic carbocycles. The highest BCUT2D eigenvalue weighted by Crippen LogP contribution is 2.64. The standard InChI is InChI=1S/C24H23N5O/c1-3-10-29-20-7-5-4-6-18(20)24(22(29)30)19-11-15(2)8-9-16(19)17(12-25)21(28)23(24,13-26)14-27/h4-7,9,15,19H,3,8,10-11,28H2,1-2H3/t15-,19+,24-/m0/s1. The van der Waals surface area contributed by atoms with E-state index in [1.54, 1.807) is 4.90 Å². The summed E-state index contributed by atoms with van der Waals surface area (Å²) < 4.78 is 0. The average molecular weight is 397 g/mol. The van der Waals surface area contributed by atoms with Gasteiger partial charge in [-0.05, 0) is 42.4 Å². The Morgan fingerprint density at radius 1 is 1.23 bits per heavy atom. The van der Waals surface area contributed by atoms with Gasteiger partial charge in [-0.25, -0.2) is 0 Å². The van der Waals surface area contributed by atoms with Gasteiger partial charge in [-0.15, -0.1) is 0 Å². The summed E-state index contributed by atoms with van der Waals surface area (Å²) in [5.74, 6) is -0.471. The van der Waals surface area contributed by atoms with Crippen molar-refractivity contribution >= 4 is 11.6 Å². The molecule has 1 spiro atoms. The maximum Gasteiger partial charge on any atom is 0.241 e. The first-order valence-corrected chi connectivity index (χ1v) is 10.3. The number of hydrogen-bond acceptors (Lipinski definition) is 5. The normalized spacial score (nSPS) is 28.8. The van der Waals surface area contributed by atoms with E-state index in [4.69, 9.17) is 5.73 Å². The number of nitrogens with zero attached hydrogens (tertiary/aromatic N) is 4. The van der Waals surface area contributed by atoms with Crippen LogP contribution in [0.1, 0.15) is 38.7 Å². The lowest BCUT2D eigenvalue weighted by Crippen LogP contribution is -2.61. The smallest absolute Gasteiger partial charge is 0.241 e. The summed E-state index contributed by atoms with van der Waals surface area (Å²) in [5.41, 5.74) is 5.18. The van der Waals surface area contributed by atoms with Gasteiger partial charge in [0.2, 0.25) is 11.3 Å². The molecule has 6 heteroatoms. The van der Waals surface area contributed by atoms with Crippen molar-refractivity contribution < 1.29 is 4.79 Å². The summed E-state index contributed by atoms with van der Waals surface area (Å²) in [4.78, 5) is 15.9. The number of carbonyl (C=O) groups is 1.